The van der Waals surface area contributed by atoms with Crippen molar-refractivity contribution in [3.8, 4) is 11.4 Å². The second kappa shape index (κ2) is 7.96. The van der Waals surface area contributed by atoms with Crippen LogP contribution in [0.3, 0.4) is 0 Å². The molecule has 8 nitrogen and oxygen atoms in total. The smallest absolute Gasteiger partial charge is 0.432 e. The second-order valence-electron chi connectivity index (χ2n) is 7.79. The number of imidazole rings is 1. The minimum Gasteiger partial charge on any atom is -0.481 e. The van der Waals surface area contributed by atoms with Crippen LogP contribution >= 0.6 is 0 Å². The van der Waals surface area contributed by atoms with Crippen LogP contribution in [-0.4, -0.2) is 63.0 Å². The largest absolute Gasteiger partial charge is 0.481 e. The van der Waals surface area contributed by atoms with Crippen LogP contribution in [0.25, 0.3) is 11.4 Å². The van der Waals surface area contributed by atoms with Crippen molar-refractivity contribution in [2.75, 3.05) is 31.1 Å². The molecule has 1 aliphatic heterocycles. The van der Waals surface area contributed by atoms with E-state index in [4.69, 9.17) is 0 Å². The number of aromatic amines is 1. The molecule has 2 aromatic heterocycles. The summed E-state index contributed by atoms with van der Waals surface area (Å²) in [7, 11) is 0. The maximum absolute atomic E-state index is 12.7. The number of carbonyl (C=O) groups is 2. The van der Waals surface area contributed by atoms with Crippen molar-refractivity contribution in [2.24, 2.45) is 5.41 Å². The molecule has 2 N–H and O–H groups in total. The number of anilines is 1. The Balaban J connectivity index is 1.61. The molecule has 3 heterocycles. The fourth-order valence-electron chi connectivity index (χ4n) is 2.99. The summed E-state index contributed by atoms with van der Waals surface area (Å²) >= 11 is 0. The van der Waals surface area contributed by atoms with Gasteiger partial charge in [0, 0.05) is 31.4 Å². The molecule has 0 atom stereocenters. The number of amides is 1. The van der Waals surface area contributed by atoms with Gasteiger partial charge in [-0.1, -0.05) is 0 Å². The lowest BCUT2D eigenvalue weighted by Gasteiger charge is -2.36. The van der Waals surface area contributed by atoms with Crippen LogP contribution < -0.4 is 4.90 Å². The minimum absolute atomic E-state index is 0.0586. The predicted octanol–water partition coefficient (Wildman–Crippen LogP) is 2.64. The van der Waals surface area contributed by atoms with Crippen molar-refractivity contribution in [3.05, 3.63) is 30.2 Å². The van der Waals surface area contributed by atoms with E-state index in [1.54, 1.807) is 35.8 Å². The van der Waals surface area contributed by atoms with E-state index in [0.29, 0.717) is 37.4 Å². The third-order valence-corrected chi connectivity index (χ3v) is 5.13. The summed E-state index contributed by atoms with van der Waals surface area (Å²) in [5.74, 6) is -0.450. The van der Waals surface area contributed by atoms with Crippen molar-refractivity contribution in [1.29, 1.82) is 0 Å². The molecule has 2 aromatic rings. The van der Waals surface area contributed by atoms with Crippen molar-refractivity contribution in [1.82, 2.24) is 19.9 Å². The average molecular weight is 425 g/mol. The number of alkyl halides is 3. The Morgan fingerprint density at radius 3 is 2.47 bits per heavy atom. The highest BCUT2D eigenvalue weighted by Crippen LogP contribution is 2.29. The van der Waals surface area contributed by atoms with E-state index in [-0.39, 0.29) is 18.3 Å². The van der Waals surface area contributed by atoms with Crippen LogP contribution in [0.15, 0.2) is 24.5 Å². The summed E-state index contributed by atoms with van der Waals surface area (Å²) in [6.45, 7) is 4.66. The monoisotopic (exact) mass is 425 g/mol. The van der Waals surface area contributed by atoms with Crippen LogP contribution in [0, 0.1) is 5.41 Å². The number of carboxylic acids is 1. The quantitative estimate of drug-likeness (QED) is 0.738. The SMILES string of the molecule is CC(C)(CCN1CCN(c2ccc(-c3ncc(C(F)(F)F)[nH]3)cn2)CC1=O)C(=O)O. The Kier molecular flexibility index (Phi) is 5.73. The molecule has 0 bridgehead atoms. The molecule has 0 spiro atoms. The molecule has 0 radical (unpaired) electrons. The molecule has 11 heteroatoms. The number of piperazine rings is 1. The summed E-state index contributed by atoms with van der Waals surface area (Å²) in [6, 6.07) is 3.22. The number of carboxylic acid groups (broad SMARTS) is 1. The predicted molar refractivity (Wildman–Crippen MR) is 102 cm³/mol. The fourth-order valence-corrected chi connectivity index (χ4v) is 2.99. The number of aromatic nitrogens is 3. The second-order valence-corrected chi connectivity index (χ2v) is 7.79. The summed E-state index contributed by atoms with van der Waals surface area (Å²) in [6.07, 6.45) is -2.02. The molecule has 0 saturated carbocycles. The lowest BCUT2D eigenvalue weighted by molar-refractivity contribution is -0.148. The Hall–Kier alpha value is -3.11. The van der Waals surface area contributed by atoms with Gasteiger partial charge in [-0.15, -0.1) is 0 Å². The Labute approximate surface area is 170 Å². The van der Waals surface area contributed by atoms with Gasteiger partial charge in [-0.25, -0.2) is 9.97 Å². The molecular formula is C19H22F3N5O3. The summed E-state index contributed by atoms with van der Waals surface area (Å²) < 4.78 is 38.1. The van der Waals surface area contributed by atoms with Crippen LogP contribution in [0.4, 0.5) is 19.0 Å². The van der Waals surface area contributed by atoms with E-state index < -0.39 is 23.3 Å². The van der Waals surface area contributed by atoms with E-state index in [1.807, 2.05) is 0 Å². The molecule has 162 valence electrons. The molecule has 1 amide bonds. The number of halogens is 3. The number of nitrogens with zero attached hydrogens (tertiary/aromatic N) is 4. The maximum Gasteiger partial charge on any atom is 0.432 e. The van der Waals surface area contributed by atoms with Gasteiger partial charge in [-0.05, 0) is 32.4 Å². The standard InChI is InChI=1S/C19H22F3N5O3/c1-18(2,17(29)30)5-6-26-7-8-27(11-15(26)28)14-4-3-12(9-23-14)16-24-10-13(25-16)19(20,21)22/h3-4,9-10H,5-8,11H2,1-2H3,(H,24,25)(H,29,30). The number of aliphatic carboxylic acids is 1. The molecule has 1 fully saturated rings. The summed E-state index contributed by atoms with van der Waals surface area (Å²) in [4.78, 5) is 37.3. The molecule has 1 saturated heterocycles. The number of hydrogen-bond acceptors (Lipinski definition) is 5. The van der Waals surface area contributed by atoms with Crippen LogP contribution in [0.1, 0.15) is 26.0 Å². The molecule has 0 unspecified atom stereocenters. The van der Waals surface area contributed by atoms with Crippen molar-refractivity contribution >= 4 is 17.7 Å². The average Bonchev–Trinajstić information content (AvgIpc) is 3.18. The number of H-pyrrole nitrogens is 1. The van der Waals surface area contributed by atoms with Crippen LogP contribution in [-0.2, 0) is 15.8 Å². The molecule has 0 aromatic carbocycles. The van der Waals surface area contributed by atoms with Gasteiger partial charge in [-0.3, -0.25) is 9.59 Å². The van der Waals surface area contributed by atoms with Crippen LogP contribution in [0.2, 0.25) is 0 Å². The topological polar surface area (TPSA) is 102 Å². The van der Waals surface area contributed by atoms with Gasteiger partial charge in [0.1, 0.15) is 17.3 Å². The van der Waals surface area contributed by atoms with Gasteiger partial charge in [-0.2, -0.15) is 13.2 Å². The number of pyridine rings is 1. The Morgan fingerprint density at radius 2 is 1.93 bits per heavy atom. The number of nitrogens with one attached hydrogen (secondary N) is 1. The molecular weight excluding hydrogens is 403 g/mol. The lowest BCUT2D eigenvalue weighted by Crippen LogP contribution is -2.51. The number of carbonyl (C=O) groups excluding carboxylic acids is 1. The zero-order valence-corrected chi connectivity index (χ0v) is 16.5. The first-order valence-electron chi connectivity index (χ1n) is 9.32. The van der Waals surface area contributed by atoms with Gasteiger partial charge in [0.25, 0.3) is 0 Å². The lowest BCUT2D eigenvalue weighted by atomic mass is 9.89. The fraction of sp³-hybridized carbons (Fsp3) is 0.474. The number of rotatable bonds is 6. The molecule has 30 heavy (non-hydrogen) atoms. The number of hydrogen-bond donors (Lipinski definition) is 2. The van der Waals surface area contributed by atoms with Crippen LogP contribution in [0.5, 0.6) is 0 Å². The third kappa shape index (κ3) is 4.71. The highest BCUT2D eigenvalue weighted by molar-refractivity contribution is 5.82. The summed E-state index contributed by atoms with van der Waals surface area (Å²) in [5.41, 5.74) is -1.45. The van der Waals surface area contributed by atoms with Crippen molar-refractivity contribution < 1.29 is 27.9 Å². The van der Waals surface area contributed by atoms with E-state index in [9.17, 15) is 27.9 Å². The van der Waals surface area contributed by atoms with Crippen molar-refractivity contribution in [3.63, 3.8) is 0 Å². The third-order valence-electron chi connectivity index (χ3n) is 5.13. The zero-order valence-electron chi connectivity index (χ0n) is 16.5. The highest BCUT2D eigenvalue weighted by Gasteiger charge is 2.33. The van der Waals surface area contributed by atoms with Gasteiger partial charge < -0.3 is 19.9 Å². The first-order valence-corrected chi connectivity index (χ1v) is 9.32. The van der Waals surface area contributed by atoms with E-state index >= 15 is 0 Å². The summed E-state index contributed by atoms with van der Waals surface area (Å²) in [5, 5.41) is 9.19. The van der Waals surface area contributed by atoms with E-state index in [0.717, 1.165) is 6.20 Å². The first kappa shape index (κ1) is 21.6. The van der Waals surface area contributed by atoms with Gasteiger partial charge in [0.2, 0.25) is 5.91 Å². The van der Waals surface area contributed by atoms with Gasteiger partial charge in [0.15, 0.2) is 0 Å². The normalized spacial score (nSPS) is 15.6. The van der Waals surface area contributed by atoms with Crippen molar-refractivity contribution in [2.45, 2.75) is 26.4 Å². The highest BCUT2D eigenvalue weighted by atomic mass is 19.4. The maximum atomic E-state index is 12.7. The molecule has 1 aliphatic rings. The minimum atomic E-state index is -4.50. The van der Waals surface area contributed by atoms with E-state index in [1.165, 1.54) is 6.20 Å². The molecule has 3 rings (SSSR count). The first-order chi connectivity index (χ1) is 14.0. The Morgan fingerprint density at radius 1 is 1.20 bits per heavy atom. The molecule has 0 aliphatic carbocycles. The zero-order chi connectivity index (χ0) is 22.1. The van der Waals surface area contributed by atoms with Gasteiger partial charge >= 0.3 is 12.1 Å². The Bertz CT molecular complexity index is 924. The van der Waals surface area contributed by atoms with Gasteiger partial charge in [0.05, 0.1) is 18.2 Å². The van der Waals surface area contributed by atoms with E-state index in [2.05, 4.69) is 15.0 Å².